The Labute approximate surface area is 146 Å². The minimum Gasteiger partial charge on any atom is -0.347 e. The highest BCUT2D eigenvalue weighted by Gasteiger charge is 2.22. The summed E-state index contributed by atoms with van der Waals surface area (Å²) >= 11 is 0. The summed E-state index contributed by atoms with van der Waals surface area (Å²) in [5.41, 5.74) is 5.07. The number of amides is 1. The molecule has 2 nitrogen and oxygen atoms in total. The number of benzene rings is 2. The molecule has 0 aromatic heterocycles. The zero-order valence-electron chi connectivity index (χ0n) is 15.7. The second-order valence-corrected chi connectivity index (χ2v) is 7.89. The molecule has 2 aromatic rings. The van der Waals surface area contributed by atoms with Gasteiger partial charge < -0.3 is 5.32 Å². The molecule has 24 heavy (non-hydrogen) atoms. The third kappa shape index (κ3) is 4.95. The lowest BCUT2D eigenvalue weighted by Crippen LogP contribution is -2.44. The Balaban J connectivity index is 2.27. The highest BCUT2D eigenvalue weighted by atomic mass is 16.1. The molecule has 2 aromatic carbocycles. The van der Waals surface area contributed by atoms with Gasteiger partial charge in [-0.15, -0.1) is 0 Å². The summed E-state index contributed by atoms with van der Waals surface area (Å²) in [6.45, 7) is 12.6. The number of rotatable bonds is 5. The second kappa shape index (κ2) is 7.21. The van der Waals surface area contributed by atoms with Crippen molar-refractivity contribution in [3.63, 3.8) is 0 Å². The fraction of sp³-hybridized carbons (Fsp3) is 0.409. The normalized spacial score (nSPS) is 11.6. The first-order valence-corrected chi connectivity index (χ1v) is 8.67. The average Bonchev–Trinajstić information content (AvgIpc) is 2.45. The van der Waals surface area contributed by atoms with Crippen molar-refractivity contribution in [2.45, 2.75) is 53.5 Å². The zero-order chi connectivity index (χ0) is 17.9. The molecule has 0 saturated heterocycles. The summed E-state index contributed by atoms with van der Waals surface area (Å²) in [6.07, 6.45) is 0.954. The first kappa shape index (κ1) is 18.3. The number of aryl methyl sites for hydroxylation is 2. The molecule has 0 heterocycles. The number of carbonyl (C=O) groups excluding carboxylic acids is 1. The minimum absolute atomic E-state index is 0.00212. The Morgan fingerprint density at radius 2 is 1.58 bits per heavy atom. The van der Waals surface area contributed by atoms with Gasteiger partial charge in [0.25, 0.3) is 5.91 Å². The van der Waals surface area contributed by atoms with Gasteiger partial charge in [0.2, 0.25) is 0 Å². The van der Waals surface area contributed by atoms with Crippen LogP contribution in [0.3, 0.4) is 0 Å². The van der Waals surface area contributed by atoms with Crippen molar-refractivity contribution in [3.8, 4) is 11.1 Å². The molecule has 128 valence electrons. The van der Waals surface area contributed by atoms with Gasteiger partial charge >= 0.3 is 0 Å². The summed E-state index contributed by atoms with van der Waals surface area (Å²) in [5, 5.41) is 3.18. The summed E-state index contributed by atoms with van der Waals surface area (Å²) in [4.78, 5) is 12.7. The van der Waals surface area contributed by atoms with E-state index >= 15 is 0 Å². The summed E-state index contributed by atoms with van der Waals surface area (Å²) < 4.78 is 0. The lowest BCUT2D eigenvalue weighted by atomic mass is 9.92. The third-order valence-corrected chi connectivity index (χ3v) is 4.09. The Morgan fingerprint density at radius 1 is 0.958 bits per heavy atom. The standard InChI is InChI=1S/C22H29NO/c1-15(2)14-22(5,6)23-21(24)20-12-17(4)11-19(13-20)18-9-7-16(3)8-10-18/h7-13,15H,14H2,1-6H3,(H,23,24). The molecule has 0 spiro atoms. The van der Waals surface area contributed by atoms with Crippen LogP contribution in [0.2, 0.25) is 0 Å². The molecule has 0 aliphatic heterocycles. The molecule has 0 saturated carbocycles. The largest absolute Gasteiger partial charge is 0.347 e. The van der Waals surface area contributed by atoms with Crippen LogP contribution < -0.4 is 5.32 Å². The van der Waals surface area contributed by atoms with Crippen LogP contribution in [-0.2, 0) is 0 Å². The Morgan fingerprint density at radius 3 is 2.17 bits per heavy atom. The van der Waals surface area contributed by atoms with Crippen LogP contribution in [0.5, 0.6) is 0 Å². The molecule has 1 N–H and O–H groups in total. The summed E-state index contributed by atoms with van der Waals surface area (Å²) in [7, 11) is 0. The van der Waals surface area contributed by atoms with E-state index in [0.717, 1.165) is 28.7 Å². The predicted octanol–water partition coefficient (Wildman–Crippen LogP) is 5.52. The molecule has 2 heteroatoms. The molecule has 0 aliphatic rings. The Hall–Kier alpha value is -2.09. The van der Waals surface area contributed by atoms with Crippen molar-refractivity contribution < 1.29 is 4.79 Å². The molecular formula is C22H29NO. The second-order valence-electron chi connectivity index (χ2n) is 7.89. The number of hydrogen-bond acceptors (Lipinski definition) is 1. The number of nitrogens with one attached hydrogen (secondary N) is 1. The van der Waals surface area contributed by atoms with Crippen LogP contribution in [0.15, 0.2) is 42.5 Å². The van der Waals surface area contributed by atoms with Gasteiger partial charge in [0.05, 0.1) is 0 Å². The summed E-state index contributed by atoms with van der Waals surface area (Å²) in [5.74, 6) is 0.540. The molecule has 1 amide bonds. The quantitative estimate of drug-likeness (QED) is 0.770. The van der Waals surface area contributed by atoms with E-state index in [1.807, 2.05) is 19.1 Å². The average molecular weight is 323 g/mol. The van der Waals surface area contributed by atoms with E-state index in [4.69, 9.17) is 0 Å². The van der Waals surface area contributed by atoms with E-state index < -0.39 is 0 Å². The first-order chi connectivity index (χ1) is 11.2. The Kier molecular flexibility index (Phi) is 5.48. The van der Waals surface area contributed by atoms with Crippen LogP contribution >= 0.6 is 0 Å². The van der Waals surface area contributed by atoms with Gasteiger partial charge in [0.15, 0.2) is 0 Å². The van der Waals surface area contributed by atoms with Crippen molar-refractivity contribution in [2.75, 3.05) is 0 Å². The van der Waals surface area contributed by atoms with E-state index in [9.17, 15) is 4.79 Å². The topological polar surface area (TPSA) is 29.1 Å². The number of hydrogen-bond donors (Lipinski definition) is 1. The molecule has 0 aliphatic carbocycles. The van der Waals surface area contributed by atoms with Crippen LogP contribution in [0.1, 0.15) is 55.6 Å². The van der Waals surface area contributed by atoms with Crippen LogP contribution in [0.25, 0.3) is 11.1 Å². The Bertz CT molecular complexity index is 711. The van der Waals surface area contributed by atoms with Crippen molar-refractivity contribution in [1.82, 2.24) is 5.32 Å². The van der Waals surface area contributed by atoms with Gasteiger partial charge in [-0.05, 0) is 68.9 Å². The lowest BCUT2D eigenvalue weighted by Gasteiger charge is -2.28. The third-order valence-electron chi connectivity index (χ3n) is 4.09. The SMILES string of the molecule is Cc1ccc(-c2cc(C)cc(C(=O)NC(C)(C)CC(C)C)c2)cc1. The minimum atomic E-state index is -0.209. The fourth-order valence-electron chi connectivity index (χ4n) is 3.28. The zero-order valence-corrected chi connectivity index (χ0v) is 15.7. The highest BCUT2D eigenvalue weighted by molar-refractivity contribution is 5.96. The smallest absolute Gasteiger partial charge is 0.251 e. The fourth-order valence-corrected chi connectivity index (χ4v) is 3.28. The molecular weight excluding hydrogens is 294 g/mol. The van der Waals surface area contributed by atoms with Gasteiger partial charge in [-0.3, -0.25) is 4.79 Å². The van der Waals surface area contributed by atoms with Crippen LogP contribution in [0, 0.1) is 19.8 Å². The first-order valence-electron chi connectivity index (χ1n) is 8.67. The van der Waals surface area contributed by atoms with E-state index in [0.29, 0.717) is 5.92 Å². The van der Waals surface area contributed by atoms with E-state index in [1.165, 1.54) is 5.56 Å². The molecule has 0 unspecified atom stereocenters. The van der Waals surface area contributed by atoms with Gasteiger partial charge in [0.1, 0.15) is 0 Å². The van der Waals surface area contributed by atoms with E-state index in [1.54, 1.807) is 0 Å². The molecule has 0 atom stereocenters. The van der Waals surface area contributed by atoms with Gasteiger partial charge in [-0.2, -0.15) is 0 Å². The van der Waals surface area contributed by atoms with Crippen molar-refractivity contribution in [2.24, 2.45) is 5.92 Å². The van der Waals surface area contributed by atoms with Crippen LogP contribution in [0.4, 0.5) is 0 Å². The predicted molar refractivity (Wildman–Crippen MR) is 102 cm³/mol. The highest BCUT2D eigenvalue weighted by Crippen LogP contribution is 2.24. The van der Waals surface area contributed by atoms with Crippen molar-refractivity contribution >= 4 is 5.91 Å². The van der Waals surface area contributed by atoms with Gasteiger partial charge in [0, 0.05) is 11.1 Å². The maximum atomic E-state index is 12.7. The monoisotopic (exact) mass is 323 g/mol. The maximum absolute atomic E-state index is 12.7. The van der Waals surface area contributed by atoms with Crippen molar-refractivity contribution in [1.29, 1.82) is 0 Å². The van der Waals surface area contributed by atoms with E-state index in [-0.39, 0.29) is 11.4 Å². The molecule has 0 fully saturated rings. The van der Waals surface area contributed by atoms with E-state index in [2.05, 4.69) is 70.3 Å². The van der Waals surface area contributed by atoms with Crippen molar-refractivity contribution in [3.05, 3.63) is 59.2 Å². The maximum Gasteiger partial charge on any atom is 0.251 e. The summed E-state index contributed by atoms with van der Waals surface area (Å²) in [6, 6.07) is 14.5. The van der Waals surface area contributed by atoms with Gasteiger partial charge in [-0.1, -0.05) is 49.7 Å². The molecule has 2 rings (SSSR count). The van der Waals surface area contributed by atoms with Gasteiger partial charge in [-0.25, -0.2) is 0 Å². The number of carbonyl (C=O) groups is 1. The van der Waals surface area contributed by atoms with Crippen LogP contribution in [-0.4, -0.2) is 11.4 Å². The molecule has 0 bridgehead atoms. The lowest BCUT2D eigenvalue weighted by molar-refractivity contribution is 0.0903. The molecule has 0 radical (unpaired) electrons.